The highest BCUT2D eigenvalue weighted by molar-refractivity contribution is 9.10. The number of hydrogen-bond donors (Lipinski definition) is 1. The van der Waals surface area contributed by atoms with Gasteiger partial charge in [0.15, 0.2) is 0 Å². The van der Waals surface area contributed by atoms with E-state index in [2.05, 4.69) is 38.1 Å². The molecule has 6 heteroatoms. The van der Waals surface area contributed by atoms with Gasteiger partial charge < -0.3 is 10.2 Å². The first-order chi connectivity index (χ1) is 9.70. The zero-order valence-electron chi connectivity index (χ0n) is 11.8. The van der Waals surface area contributed by atoms with Crippen molar-refractivity contribution in [3.8, 4) is 0 Å². The Morgan fingerprint density at radius 2 is 2.25 bits per heavy atom. The number of rotatable bonds is 4. The highest BCUT2D eigenvalue weighted by Gasteiger charge is 2.26. The van der Waals surface area contributed by atoms with Crippen LogP contribution in [0.2, 0.25) is 0 Å². The quantitative estimate of drug-likeness (QED) is 0.857. The summed E-state index contributed by atoms with van der Waals surface area (Å²) in [6.07, 6.45) is 7.70. The molecule has 0 aromatic carbocycles. The Morgan fingerprint density at radius 1 is 1.50 bits per heavy atom. The molecule has 1 fully saturated rings. The monoisotopic (exact) mass is 340 g/mol. The van der Waals surface area contributed by atoms with Gasteiger partial charge in [-0.05, 0) is 35.2 Å². The van der Waals surface area contributed by atoms with Crippen molar-refractivity contribution in [2.45, 2.75) is 38.5 Å². The number of carbonyl (C=O) groups excluding carboxylic acids is 1. The van der Waals surface area contributed by atoms with Crippen LogP contribution in [0.4, 0.5) is 4.79 Å². The average Bonchev–Trinajstić information content (AvgIpc) is 2.48. The van der Waals surface area contributed by atoms with Gasteiger partial charge in [0.2, 0.25) is 0 Å². The lowest BCUT2D eigenvalue weighted by atomic mass is 9.97. The third-order valence-electron chi connectivity index (χ3n) is 3.52. The van der Waals surface area contributed by atoms with Crippen LogP contribution >= 0.6 is 15.9 Å². The number of unbranched alkanes of at least 4 members (excludes halogenated alkanes) is 1. The standard InChI is InChI=1S/C14H21BrN4O/c1-2-3-6-16-14(20)19-7-4-5-11(10-19)13-17-8-12(15)9-18-13/h8-9,11H,2-7,10H2,1H3,(H,16,20). The average molecular weight is 341 g/mol. The van der Waals surface area contributed by atoms with Gasteiger partial charge in [0.05, 0.1) is 4.47 Å². The van der Waals surface area contributed by atoms with Crippen molar-refractivity contribution in [3.63, 3.8) is 0 Å². The molecule has 1 saturated heterocycles. The molecule has 0 radical (unpaired) electrons. The van der Waals surface area contributed by atoms with Gasteiger partial charge in [0.1, 0.15) is 5.82 Å². The molecule has 110 valence electrons. The van der Waals surface area contributed by atoms with Crippen LogP contribution in [0.3, 0.4) is 0 Å². The molecule has 2 amide bonds. The number of likely N-dealkylation sites (tertiary alicyclic amines) is 1. The normalized spacial score (nSPS) is 18.9. The summed E-state index contributed by atoms with van der Waals surface area (Å²) in [5.74, 6) is 1.08. The zero-order chi connectivity index (χ0) is 14.4. The largest absolute Gasteiger partial charge is 0.338 e. The van der Waals surface area contributed by atoms with Gasteiger partial charge in [-0.25, -0.2) is 14.8 Å². The Labute approximate surface area is 128 Å². The summed E-state index contributed by atoms with van der Waals surface area (Å²) in [7, 11) is 0. The van der Waals surface area contributed by atoms with E-state index < -0.39 is 0 Å². The number of urea groups is 1. The summed E-state index contributed by atoms with van der Waals surface area (Å²) in [6, 6.07) is 0.0419. The fourth-order valence-corrected chi connectivity index (χ4v) is 2.59. The number of nitrogens with one attached hydrogen (secondary N) is 1. The minimum Gasteiger partial charge on any atom is -0.338 e. The maximum atomic E-state index is 12.1. The maximum absolute atomic E-state index is 12.1. The highest BCUT2D eigenvalue weighted by atomic mass is 79.9. The number of piperidine rings is 1. The lowest BCUT2D eigenvalue weighted by molar-refractivity contribution is 0.178. The molecule has 20 heavy (non-hydrogen) atoms. The van der Waals surface area contributed by atoms with Gasteiger partial charge in [0, 0.05) is 37.9 Å². The molecule has 1 N–H and O–H groups in total. The Bertz CT molecular complexity index is 437. The molecule has 1 aliphatic rings. The number of carbonyl (C=O) groups is 1. The zero-order valence-corrected chi connectivity index (χ0v) is 13.4. The second-order valence-corrected chi connectivity index (χ2v) is 6.05. The van der Waals surface area contributed by atoms with E-state index in [0.717, 1.165) is 49.1 Å². The fraction of sp³-hybridized carbons (Fsp3) is 0.643. The van der Waals surface area contributed by atoms with Gasteiger partial charge >= 0.3 is 6.03 Å². The topological polar surface area (TPSA) is 58.1 Å². The van der Waals surface area contributed by atoms with E-state index in [9.17, 15) is 4.79 Å². The first-order valence-corrected chi connectivity index (χ1v) is 8.00. The number of nitrogens with zero attached hydrogens (tertiary/aromatic N) is 3. The smallest absolute Gasteiger partial charge is 0.317 e. The van der Waals surface area contributed by atoms with Gasteiger partial charge in [-0.1, -0.05) is 13.3 Å². The molecule has 0 saturated carbocycles. The van der Waals surface area contributed by atoms with Crippen LogP contribution in [0.5, 0.6) is 0 Å². The van der Waals surface area contributed by atoms with Crippen LogP contribution in [0.25, 0.3) is 0 Å². The van der Waals surface area contributed by atoms with Crippen LogP contribution < -0.4 is 5.32 Å². The SMILES string of the molecule is CCCCNC(=O)N1CCCC(c2ncc(Br)cn2)C1. The predicted molar refractivity (Wildman–Crippen MR) is 81.6 cm³/mol. The van der Waals surface area contributed by atoms with E-state index in [-0.39, 0.29) is 11.9 Å². The van der Waals surface area contributed by atoms with E-state index in [0.29, 0.717) is 6.54 Å². The summed E-state index contributed by atoms with van der Waals surface area (Å²) in [6.45, 7) is 4.41. The van der Waals surface area contributed by atoms with Crippen LogP contribution in [0, 0.1) is 0 Å². The van der Waals surface area contributed by atoms with Crippen LogP contribution in [0.15, 0.2) is 16.9 Å². The summed E-state index contributed by atoms with van der Waals surface area (Å²) in [5.41, 5.74) is 0. The van der Waals surface area contributed by atoms with Crippen molar-refractivity contribution in [1.29, 1.82) is 0 Å². The highest BCUT2D eigenvalue weighted by Crippen LogP contribution is 2.24. The van der Waals surface area contributed by atoms with E-state index in [4.69, 9.17) is 0 Å². The first-order valence-electron chi connectivity index (χ1n) is 7.21. The molecule has 0 bridgehead atoms. The Balaban J connectivity index is 1.91. The van der Waals surface area contributed by atoms with Crippen molar-refractivity contribution in [2.75, 3.05) is 19.6 Å². The van der Waals surface area contributed by atoms with Crippen molar-refractivity contribution in [2.24, 2.45) is 0 Å². The third kappa shape index (κ3) is 4.16. The summed E-state index contributed by atoms with van der Waals surface area (Å²) in [5, 5.41) is 2.97. The van der Waals surface area contributed by atoms with Crippen molar-refractivity contribution in [3.05, 3.63) is 22.7 Å². The Kier molecular flexibility index (Phi) is 5.76. The van der Waals surface area contributed by atoms with E-state index in [1.54, 1.807) is 12.4 Å². The molecular weight excluding hydrogens is 320 g/mol. The summed E-state index contributed by atoms with van der Waals surface area (Å²) < 4.78 is 0.881. The van der Waals surface area contributed by atoms with Gasteiger partial charge in [-0.15, -0.1) is 0 Å². The van der Waals surface area contributed by atoms with Gasteiger partial charge in [0.25, 0.3) is 0 Å². The second kappa shape index (κ2) is 7.57. The second-order valence-electron chi connectivity index (χ2n) is 5.13. The minimum absolute atomic E-state index is 0.0419. The molecule has 1 aromatic rings. The van der Waals surface area contributed by atoms with Gasteiger partial charge in [-0.3, -0.25) is 0 Å². The van der Waals surface area contributed by atoms with Crippen molar-refractivity contribution in [1.82, 2.24) is 20.2 Å². The van der Waals surface area contributed by atoms with E-state index in [1.165, 1.54) is 0 Å². The maximum Gasteiger partial charge on any atom is 0.317 e. The molecule has 0 spiro atoms. The van der Waals surface area contributed by atoms with Gasteiger partial charge in [-0.2, -0.15) is 0 Å². The molecule has 5 nitrogen and oxygen atoms in total. The first kappa shape index (κ1) is 15.2. The fourth-order valence-electron chi connectivity index (χ4n) is 2.39. The van der Waals surface area contributed by atoms with Crippen LogP contribution in [0.1, 0.15) is 44.3 Å². The van der Waals surface area contributed by atoms with E-state index in [1.807, 2.05) is 4.90 Å². The molecule has 1 aromatic heterocycles. The number of hydrogen-bond acceptors (Lipinski definition) is 3. The Hall–Kier alpha value is -1.17. The van der Waals surface area contributed by atoms with Crippen molar-refractivity contribution >= 4 is 22.0 Å². The lowest BCUT2D eigenvalue weighted by Gasteiger charge is -2.32. The number of aromatic nitrogens is 2. The predicted octanol–water partition coefficient (Wildman–Crippen LogP) is 2.93. The summed E-state index contributed by atoms with van der Waals surface area (Å²) >= 11 is 3.34. The van der Waals surface area contributed by atoms with Crippen LogP contribution in [-0.4, -0.2) is 40.5 Å². The number of amides is 2. The summed E-state index contributed by atoms with van der Waals surface area (Å²) in [4.78, 5) is 22.7. The Morgan fingerprint density at radius 3 is 2.95 bits per heavy atom. The molecule has 2 heterocycles. The lowest BCUT2D eigenvalue weighted by Crippen LogP contribution is -2.45. The number of halogens is 1. The van der Waals surface area contributed by atoms with Crippen molar-refractivity contribution < 1.29 is 4.79 Å². The molecule has 1 aliphatic heterocycles. The molecule has 2 rings (SSSR count). The molecular formula is C14H21BrN4O. The van der Waals surface area contributed by atoms with E-state index >= 15 is 0 Å². The molecule has 0 aliphatic carbocycles. The minimum atomic E-state index is 0.0419. The third-order valence-corrected chi connectivity index (χ3v) is 3.93. The van der Waals surface area contributed by atoms with Crippen LogP contribution in [-0.2, 0) is 0 Å². The molecule has 1 unspecified atom stereocenters. The molecule has 1 atom stereocenters.